The number of hydrogen-bond acceptors (Lipinski definition) is 7. The van der Waals surface area contributed by atoms with Crippen LogP contribution in [0.4, 0.5) is 6.01 Å². The Kier molecular flexibility index (Phi) is 3.20. The Hall–Kier alpha value is -2.29. The Morgan fingerprint density at radius 2 is 2.24 bits per heavy atom. The fraction of sp³-hybridized carbons (Fsp3) is 0.583. The van der Waals surface area contributed by atoms with E-state index >= 15 is 0 Å². The number of anilines is 1. The van der Waals surface area contributed by atoms with E-state index in [1.807, 2.05) is 0 Å². The van der Waals surface area contributed by atoms with Gasteiger partial charge in [0.15, 0.2) is 0 Å². The predicted molar refractivity (Wildman–Crippen MR) is 70.2 cm³/mol. The zero-order chi connectivity index (χ0) is 15.0. The highest BCUT2D eigenvalue weighted by atomic mass is 16.4. The van der Waals surface area contributed by atoms with Crippen LogP contribution < -0.4 is 5.32 Å². The van der Waals surface area contributed by atoms with Gasteiger partial charge >= 0.3 is 6.01 Å². The number of rotatable bonds is 5. The van der Waals surface area contributed by atoms with Crippen LogP contribution >= 0.6 is 0 Å². The van der Waals surface area contributed by atoms with E-state index in [9.17, 15) is 9.90 Å². The molecular formula is C12H16N6O3. The lowest BCUT2D eigenvalue weighted by molar-refractivity contribution is -0.117. The Balaban J connectivity index is 1.59. The third kappa shape index (κ3) is 3.24. The Bertz CT molecular complexity index is 652. The van der Waals surface area contributed by atoms with E-state index in [1.165, 1.54) is 10.9 Å². The second kappa shape index (κ2) is 4.92. The van der Waals surface area contributed by atoms with Gasteiger partial charge in [-0.1, -0.05) is 10.3 Å². The highest BCUT2D eigenvalue weighted by Crippen LogP contribution is 2.39. The van der Waals surface area contributed by atoms with Gasteiger partial charge in [-0.3, -0.25) is 10.1 Å². The molecule has 0 bridgehead atoms. The lowest BCUT2D eigenvalue weighted by Gasteiger charge is -2.11. The van der Waals surface area contributed by atoms with Gasteiger partial charge in [0, 0.05) is 5.92 Å². The molecule has 1 amide bonds. The van der Waals surface area contributed by atoms with Crippen molar-refractivity contribution in [1.29, 1.82) is 0 Å². The van der Waals surface area contributed by atoms with E-state index in [4.69, 9.17) is 4.42 Å². The van der Waals surface area contributed by atoms with Crippen LogP contribution in [0, 0.1) is 0 Å². The van der Waals surface area contributed by atoms with Crippen LogP contribution in [0.25, 0.3) is 0 Å². The maximum absolute atomic E-state index is 11.8. The molecule has 0 atom stereocenters. The molecule has 2 aromatic rings. The van der Waals surface area contributed by atoms with Crippen molar-refractivity contribution in [3.8, 4) is 0 Å². The minimum Gasteiger partial charge on any atom is -0.408 e. The SMILES string of the molecule is CC(C)(O)c1cn(CC(=O)Nc2nnc(C3CC3)o2)nn1. The minimum absolute atomic E-state index is 0.0514. The van der Waals surface area contributed by atoms with Crippen molar-refractivity contribution in [2.24, 2.45) is 0 Å². The highest BCUT2D eigenvalue weighted by molar-refractivity contribution is 5.88. The zero-order valence-electron chi connectivity index (χ0n) is 11.8. The topological polar surface area (TPSA) is 119 Å². The first-order valence-electron chi connectivity index (χ1n) is 6.68. The van der Waals surface area contributed by atoms with Gasteiger partial charge in [-0.15, -0.1) is 10.2 Å². The van der Waals surface area contributed by atoms with E-state index in [1.54, 1.807) is 13.8 Å². The number of amides is 1. The highest BCUT2D eigenvalue weighted by Gasteiger charge is 2.29. The molecule has 0 spiro atoms. The number of aromatic nitrogens is 5. The van der Waals surface area contributed by atoms with E-state index in [2.05, 4.69) is 25.8 Å². The number of hydrogen-bond donors (Lipinski definition) is 2. The van der Waals surface area contributed by atoms with Gasteiger partial charge in [0.1, 0.15) is 17.8 Å². The standard InChI is InChI=1S/C12H16N6O3/c1-12(2,20)8-5-18(17-14-8)6-9(19)13-11-16-15-10(21-11)7-3-4-7/h5,7,20H,3-4,6H2,1-2H3,(H,13,16,19). The smallest absolute Gasteiger partial charge is 0.322 e. The molecular weight excluding hydrogens is 276 g/mol. The quantitative estimate of drug-likeness (QED) is 0.818. The maximum atomic E-state index is 11.8. The Morgan fingerprint density at radius 3 is 2.86 bits per heavy atom. The summed E-state index contributed by atoms with van der Waals surface area (Å²) in [6, 6.07) is 0.0877. The van der Waals surface area contributed by atoms with Gasteiger partial charge in [-0.05, 0) is 26.7 Å². The summed E-state index contributed by atoms with van der Waals surface area (Å²) in [6.45, 7) is 3.14. The maximum Gasteiger partial charge on any atom is 0.322 e. The van der Waals surface area contributed by atoms with Crippen molar-refractivity contribution in [1.82, 2.24) is 25.2 Å². The van der Waals surface area contributed by atoms with Gasteiger partial charge in [-0.25, -0.2) is 4.68 Å². The van der Waals surface area contributed by atoms with Crippen molar-refractivity contribution in [3.05, 3.63) is 17.8 Å². The lowest BCUT2D eigenvalue weighted by Crippen LogP contribution is -2.19. The molecule has 0 radical (unpaired) electrons. The van der Waals surface area contributed by atoms with Crippen molar-refractivity contribution in [3.63, 3.8) is 0 Å². The molecule has 2 aromatic heterocycles. The van der Waals surface area contributed by atoms with Crippen molar-refractivity contribution >= 4 is 11.9 Å². The zero-order valence-corrected chi connectivity index (χ0v) is 11.8. The predicted octanol–water partition coefficient (Wildman–Crippen LogP) is 0.405. The average Bonchev–Trinajstić information content (AvgIpc) is 2.94. The van der Waals surface area contributed by atoms with Gasteiger partial charge in [0.25, 0.3) is 0 Å². The van der Waals surface area contributed by atoms with E-state index in [0.717, 1.165) is 12.8 Å². The molecule has 0 unspecified atom stereocenters. The van der Waals surface area contributed by atoms with E-state index in [-0.39, 0.29) is 18.5 Å². The molecule has 0 aliphatic heterocycles. The van der Waals surface area contributed by atoms with Crippen molar-refractivity contribution in [2.45, 2.75) is 44.8 Å². The van der Waals surface area contributed by atoms with Crippen molar-refractivity contribution in [2.75, 3.05) is 5.32 Å². The number of carbonyl (C=O) groups excluding carboxylic acids is 1. The summed E-state index contributed by atoms with van der Waals surface area (Å²) < 4.78 is 6.67. The molecule has 1 aliphatic rings. The first kappa shape index (κ1) is 13.7. The summed E-state index contributed by atoms with van der Waals surface area (Å²) in [5.41, 5.74) is -0.704. The van der Waals surface area contributed by atoms with Crippen LogP contribution in [-0.4, -0.2) is 36.2 Å². The molecule has 2 N–H and O–H groups in total. The molecule has 112 valence electrons. The summed E-state index contributed by atoms with van der Waals surface area (Å²) in [6.07, 6.45) is 3.62. The minimum atomic E-state index is -1.10. The van der Waals surface area contributed by atoms with Gasteiger partial charge in [0.2, 0.25) is 11.8 Å². The molecule has 3 rings (SSSR count). The fourth-order valence-electron chi connectivity index (χ4n) is 1.74. The number of nitrogens with one attached hydrogen (secondary N) is 1. The second-order valence-electron chi connectivity index (χ2n) is 5.63. The Labute approximate surface area is 120 Å². The Morgan fingerprint density at radius 1 is 1.48 bits per heavy atom. The summed E-state index contributed by atoms with van der Waals surface area (Å²) in [4.78, 5) is 11.8. The largest absolute Gasteiger partial charge is 0.408 e. The van der Waals surface area contributed by atoms with Crippen LogP contribution in [0.3, 0.4) is 0 Å². The third-order valence-electron chi connectivity index (χ3n) is 3.08. The molecule has 1 fully saturated rings. The third-order valence-corrected chi connectivity index (χ3v) is 3.08. The molecule has 21 heavy (non-hydrogen) atoms. The first-order chi connectivity index (χ1) is 9.91. The van der Waals surface area contributed by atoms with Gasteiger partial charge < -0.3 is 9.52 Å². The summed E-state index contributed by atoms with van der Waals surface area (Å²) >= 11 is 0. The molecule has 0 saturated heterocycles. The molecule has 1 aliphatic carbocycles. The first-order valence-corrected chi connectivity index (χ1v) is 6.68. The summed E-state index contributed by atoms with van der Waals surface area (Å²) in [7, 11) is 0. The summed E-state index contributed by atoms with van der Waals surface area (Å²) in [5, 5.41) is 27.5. The van der Waals surface area contributed by atoms with Crippen LogP contribution in [0.2, 0.25) is 0 Å². The van der Waals surface area contributed by atoms with E-state index < -0.39 is 5.60 Å². The molecule has 2 heterocycles. The molecule has 0 aromatic carbocycles. The number of carbonyl (C=O) groups is 1. The van der Waals surface area contributed by atoms with Crippen molar-refractivity contribution < 1.29 is 14.3 Å². The summed E-state index contributed by atoms with van der Waals surface area (Å²) in [5.74, 6) is 0.552. The fourth-order valence-corrected chi connectivity index (χ4v) is 1.74. The van der Waals surface area contributed by atoms with Gasteiger partial charge in [0.05, 0.1) is 6.20 Å². The van der Waals surface area contributed by atoms with Gasteiger partial charge in [-0.2, -0.15) is 0 Å². The lowest BCUT2D eigenvalue weighted by atomic mass is 10.1. The molecule has 1 saturated carbocycles. The number of aliphatic hydroxyl groups is 1. The van der Waals surface area contributed by atoms with E-state index in [0.29, 0.717) is 17.5 Å². The second-order valence-corrected chi connectivity index (χ2v) is 5.63. The normalized spacial score (nSPS) is 15.2. The number of nitrogens with zero attached hydrogens (tertiary/aromatic N) is 5. The van der Waals surface area contributed by atoms with Crippen LogP contribution in [0.15, 0.2) is 10.6 Å². The monoisotopic (exact) mass is 292 g/mol. The average molecular weight is 292 g/mol. The van der Waals surface area contributed by atoms with Crippen LogP contribution in [0.5, 0.6) is 0 Å². The van der Waals surface area contributed by atoms with Crippen LogP contribution in [0.1, 0.15) is 44.2 Å². The van der Waals surface area contributed by atoms with Crippen LogP contribution in [-0.2, 0) is 16.9 Å². The molecule has 9 nitrogen and oxygen atoms in total. The molecule has 9 heteroatoms.